The van der Waals surface area contributed by atoms with Crippen LogP contribution in [-0.2, 0) is 9.47 Å². The summed E-state index contributed by atoms with van der Waals surface area (Å²) >= 11 is 3.36. The van der Waals surface area contributed by atoms with Gasteiger partial charge in [0.1, 0.15) is 18.4 Å². The first-order valence-corrected chi connectivity index (χ1v) is 11.4. The van der Waals surface area contributed by atoms with Crippen molar-refractivity contribution in [3.05, 3.63) is 104 Å². The van der Waals surface area contributed by atoms with Crippen molar-refractivity contribution < 1.29 is 19.1 Å². The van der Waals surface area contributed by atoms with Crippen LogP contribution in [0.15, 0.2) is 76.4 Å². The zero-order valence-electron chi connectivity index (χ0n) is 17.7. The maximum absolute atomic E-state index is 13.2. The third kappa shape index (κ3) is 4.60. The molecular formula is C24H21BrN2O6. The van der Waals surface area contributed by atoms with Crippen LogP contribution in [0.25, 0.3) is 0 Å². The minimum Gasteiger partial charge on any atom is -0.456 e. The van der Waals surface area contributed by atoms with E-state index in [4.69, 9.17) is 9.47 Å². The van der Waals surface area contributed by atoms with Crippen molar-refractivity contribution in [3.8, 4) is 0 Å². The van der Waals surface area contributed by atoms with Crippen molar-refractivity contribution in [2.24, 2.45) is 0 Å². The summed E-state index contributed by atoms with van der Waals surface area (Å²) in [6.45, 7) is 1.52. The summed E-state index contributed by atoms with van der Waals surface area (Å²) < 4.78 is 13.4. The number of carbonyl (C=O) groups excluding carboxylic acids is 2. The second-order valence-corrected chi connectivity index (χ2v) is 8.29. The summed E-state index contributed by atoms with van der Waals surface area (Å²) in [5.74, 6) is -1.21. The molecule has 0 unspecified atom stereocenters. The molecule has 2 aromatic carbocycles. The number of aryl methyl sites for hydroxylation is 1. The fraction of sp³-hybridized carbons (Fsp3) is 0.250. The lowest BCUT2D eigenvalue weighted by Gasteiger charge is -2.17. The summed E-state index contributed by atoms with van der Waals surface area (Å²) in [4.78, 5) is 51.3. The maximum atomic E-state index is 13.2. The topological polar surface area (TPSA) is 96.6 Å². The van der Waals surface area contributed by atoms with Crippen LogP contribution in [0.2, 0.25) is 0 Å². The predicted octanol–water partition coefficient (Wildman–Crippen LogP) is 2.91. The van der Waals surface area contributed by atoms with E-state index < -0.39 is 41.6 Å². The van der Waals surface area contributed by atoms with Crippen molar-refractivity contribution in [2.45, 2.75) is 31.8 Å². The van der Waals surface area contributed by atoms with Gasteiger partial charge in [0.05, 0.1) is 5.56 Å². The molecule has 0 spiro atoms. The minimum atomic E-state index is -0.817. The predicted molar refractivity (Wildman–Crippen MR) is 124 cm³/mol. The Morgan fingerprint density at radius 1 is 1.03 bits per heavy atom. The molecule has 0 amide bonds. The van der Waals surface area contributed by atoms with Crippen molar-refractivity contribution >= 4 is 27.8 Å². The van der Waals surface area contributed by atoms with Crippen molar-refractivity contribution in [1.82, 2.24) is 9.13 Å². The average Bonchev–Trinajstić information content (AvgIpc) is 3.25. The van der Waals surface area contributed by atoms with Gasteiger partial charge < -0.3 is 9.47 Å². The van der Waals surface area contributed by atoms with Crippen molar-refractivity contribution in [1.29, 1.82) is 0 Å². The van der Waals surface area contributed by atoms with E-state index in [0.29, 0.717) is 15.5 Å². The van der Waals surface area contributed by atoms with Gasteiger partial charge in [-0.15, -0.1) is 0 Å². The lowest BCUT2D eigenvalue weighted by atomic mass is 10.2. The van der Waals surface area contributed by atoms with E-state index in [2.05, 4.69) is 15.9 Å². The Bertz CT molecular complexity index is 1290. The fourth-order valence-corrected chi connectivity index (χ4v) is 4.28. The third-order valence-electron chi connectivity index (χ3n) is 5.42. The molecule has 0 N–H and O–H groups in total. The largest absolute Gasteiger partial charge is 0.456 e. The minimum absolute atomic E-state index is 0.186. The zero-order chi connectivity index (χ0) is 23.5. The molecule has 1 aliphatic rings. The Morgan fingerprint density at radius 3 is 2.24 bits per heavy atom. The Hall–Kier alpha value is -3.30. The molecule has 4 rings (SSSR count). The second-order valence-electron chi connectivity index (χ2n) is 7.64. The molecule has 1 saturated heterocycles. The van der Waals surface area contributed by atoms with E-state index in [9.17, 15) is 19.2 Å². The molecule has 2 heterocycles. The van der Waals surface area contributed by atoms with Crippen LogP contribution < -0.4 is 11.2 Å². The van der Waals surface area contributed by atoms with E-state index in [1.54, 1.807) is 48.5 Å². The maximum Gasteiger partial charge on any atom is 0.340 e. The number of halogens is 1. The van der Waals surface area contributed by atoms with E-state index in [0.717, 1.165) is 0 Å². The highest BCUT2D eigenvalue weighted by atomic mass is 79.9. The van der Waals surface area contributed by atoms with E-state index in [-0.39, 0.29) is 17.5 Å². The van der Waals surface area contributed by atoms with Crippen LogP contribution in [0, 0.1) is 6.92 Å². The van der Waals surface area contributed by atoms with Gasteiger partial charge in [0.2, 0.25) is 0 Å². The molecular weight excluding hydrogens is 492 g/mol. The van der Waals surface area contributed by atoms with E-state index in [1.165, 1.54) is 29.8 Å². The molecule has 33 heavy (non-hydrogen) atoms. The smallest absolute Gasteiger partial charge is 0.340 e. The fourth-order valence-electron chi connectivity index (χ4n) is 3.71. The first-order valence-electron chi connectivity index (χ1n) is 10.3. The first-order chi connectivity index (χ1) is 15.9. The molecule has 3 atom stereocenters. The number of hydrogen-bond acceptors (Lipinski definition) is 6. The highest BCUT2D eigenvalue weighted by molar-refractivity contribution is 9.09. The average molecular weight is 513 g/mol. The SMILES string of the molecule is Cc1cn([C@H]2C[C@H](OC(=O)c3ccccc3)[C@@H](CBr)O2)c(=O)n(C(=O)c2ccccc2)c1=O. The number of rotatable bonds is 5. The van der Waals surface area contributed by atoms with Gasteiger partial charge in [-0.3, -0.25) is 14.2 Å². The lowest BCUT2D eigenvalue weighted by Crippen LogP contribution is -2.45. The van der Waals surface area contributed by atoms with Gasteiger partial charge in [0.25, 0.3) is 11.5 Å². The van der Waals surface area contributed by atoms with Gasteiger partial charge in [-0.05, 0) is 31.2 Å². The van der Waals surface area contributed by atoms with Gasteiger partial charge in [0, 0.05) is 29.1 Å². The van der Waals surface area contributed by atoms with Crippen LogP contribution in [0.3, 0.4) is 0 Å². The molecule has 0 bridgehead atoms. The summed E-state index contributed by atoms with van der Waals surface area (Å²) in [5.41, 5.74) is -0.666. The monoisotopic (exact) mass is 512 g/mol. The summed E-state index contributed by atoms with van der Waals surface area (Å²) in [6.07, 6.45) is -0.398. The number of esters is 1. The Kier molecular flexibility index (Phi) is 6.71. The summed E-state index contributed by atoms with van der Waals surface area (Å²) in [5, 5.41) is 0.368. The highest BCUT2D eigenvalue weighted by Crippen LogP contribution is 2.31. The van der Waals surface area contributed by atoms with Crippen molar-refractivity contribution in [3.63, 3.8) is 0 Å². The Balaban J connectivity index is 1.65. The van der Waals surface area contributed by atoms with Crippen LogP contribution in [0.1, 0.15) is 38.9 Å². The number of alkyl halides is 1. The number of hydrogen-bond donors (Lipinski definition) is 0. The third-order valence-corrected chi connectivity index (χ3v) is 6.06. The molecule has 1 fully saturated rings. The molecule has 1 aliphatic heterocycles. The second kappa shape index (κ2) is 9.68. The number of nitrogens with zero attached hydrogens (tertiary/aromatic N) is 2. The van der Waals surface area contributed by atoms with Crippen LogP contribution >= 0.6 is 15.9 Å². The molecule has 0 saturated carbocycles. The van der Waals surface area contributed by atoms with Gasteiger partial charge in [-0.1, -0.05) is 52.3 Å². The van der Waals surface area contributed by atoms with Crippen LogP contribution in [0.5, 0.6) is 0 Å². The quantitative estimate of drug-likeness (QED) is 0.385. The van der Waals surface area contributed by atoms with Crippen LogP contribution in [0.4, 0.5) is 0 Å². The Morgan fingerprint density at radius 2 is 1.64 bits per heavy atom. The van der Waals surface area contributed by atoms with E-state index in [1.807, 2.05) is 0 Å². The van der Waals surface area contributed by atoms with Gasteiger partial charge in [-0.25, -0.2) is 9.59 Å². The number of benzene rings is 2. The van der Waals surface area contributed by atoms with Gasteiger partial charge in [0.15, 0.2) is 0 Å². The summed E-state index contributed by atoms with van der Waals surface area (Å²) in [7, 11) is 0. The molecule has 0 radical (unpaired) electrons. The lowest BCUT2D eigenvalue weighted by molar-refractivity contribution is -0.0185. The van der Waals surface area contributed by atoms with Crippen LogP contribution in [-0.4, -0.2) is 38.5 Å². The first kappa shape index (κ1) is 22.9. The standard InChI is InChI=1S/C24H21BrN2O6/c1-15-14-26(24(31)27(21(15)28)22(29)16-8-4-2-5-9-16)20-12-18(19(13-25)32-20)33-23(30)17-10-6-3-7-11-17/h2-11,14,18-20H,12-13H2,1H3/t18-,19+,20+/m0/s1. The molecule has 8 nitrogen and oxygen atoms in total. The molecule has 1 aromatic heterocycles. The normalized spacial score (nSPS) is 19.9. The molecule has 0 aliphatic carbocycles. The zero-order valence-corrected chi connectivity index (χ0v) is 19.3. The molecule has 170 valence electrons. The number of carbonyl (C=O) groups is 2. The van der Waals surface area contributed by atoms with E-state index >= 15 is 0 Å². The van der Waals surface area contributed by atoms with Gasteiger partial charge in [-0.2, -0.15) is 4.57 Å². The summed E-state index contributed by atoms with van der Waals surface area (Å²) in [6, 6.07) is 16.7. The highest BCUT2D eigenvalue weighted by Gasteiger charge is 2.39. The Labute approximate surface area is 197 Å². The molecule has 3 aromatic rings. The number of ether oxygens (including phenoxy) is 2. The van der Waals surface area contributed by atoms with Crippen molar-refractivity contribution in [2.75, 3.05) is 5.33 Å². The number of aromatic nitrogens is 2. The molecule has 9 heteroatoms. The van der Waals surface area contributed by atoms with Gasteiger partial charge >= 0.3 is 11.7 Å².